The van der Waals surface area contributed by atoms with Gasteiger partial charge in [-0.3, -0.25) is 0 Å². The second kappa shape index (κ2) is 13.2. The number of hydrogen-bond donors (Lipinski definition) is 2. The monoisotopic (exact) mass is 240 g/mol. The van der Waals surface area contributed by atoms with E-state index < -0.39 is 0 Å². The third kappa shape index (κ3) is 21.1. The fourth-order valence-electron chi connectivity index (χ4n) is 1.03. The quantitative estimate of drug-likeness (QED) is 0.721. The molecule has 0 bridgehead atoms. The first-order valence-electron chi connectivity index (χ1n) is 6.08. The van der Waals surface area contributed by atoms with Gasteiger partial charge in [-0.25, -0.2) is 0 Å². The fraction of sp³-hybridized carbons (Fsp3) is 0.600. The molecule has 2 nitrogen and oxygen atoms in total. The van der Waals surface area contributed by atoms with Gasteiger partial charge < -0.3 is 10.2 Å². The molecule has 0 heterocycles. The maximum atomic E-state index is 8.55. The van der Waals surface area contributed by atoms with Crippen molar-refractivity contribution in [2.45, 2.75) is 47.5 Å². The zero-order chi connectivity index (χ0) is 13.7. The van der Waals surface area contributed by atoms with Gasteiger partial charge in [0.2, 0.25) is 0 Å². The Balaban J connectivity index is 0. The topological polar surface area (TPSA) is 40.5 Å². The van der Waals surface area contributed by atoms with E-state index in [2.05, 4.69) is 26.8 Å². The van der Waals surface area contributed by atoms with E-state index in [4.69, 9.17) is 10.2 Å². The molecule has 2 N–H and O–H groups in total. The van der Waals surface area contributed by atoms with Crippen LogP contribution in [0.3, 0.4) is 0 Å². The van der Waals surface area contributed by atoms with Crippen LogP contribution in [0.1, 0.15) is 47.5 Å². The number of hydrogen-bond acceptors (Lipinski definition) is 2. The van der Waals surface area contributed by atoms with Crippen LogP contribution in [0, 0.1) is 0 Å². The van der Waals surface area contributed by atoms with Gasteiger partial charge in [0.25, 0.3) is 0 Å². The first-order chi connectivity index (χ1) is 7.93. The molecule has 0 rings (SSSR count). The van der Waals surface area contributed by atoms with E-state index in [-0.39, 0.29) is 13.2 Å². The second-order valence-electron chi connectivity index (χ2n) is 4.52. The molecule has 100 valence electrons. The van der Waals surface area contributed by atoms with Crippen LogP contribution in [0.4, 0.5) is 0 Å². The van der Waals surface area contributed by atoms with Crippen LogP contribution in [-0.4, -0.2) is 23.4 Å². The molecule has 0 aromatic rings. The third-order valence-corrected chi connectivity index (χ3v) is 2.03. The lowest BCUT2D eigenvalue weighted by Crippen LogP contribution is -1.80. The molecule has 0 aliphatic heterocycles. The highest BCUT2D eigenvalue weighted by Crippen LogP contribution is 2.05. The van der Waals surface area contributed by atoms with Crippen molar-refractivity contribution in [1.82, 2.24) is 0 Å². The zero-order valence-corrected chi connectivity index (χ0v) is 12.0. The molecule has 17 heavy (non-hydrogen) atoms. The summed E-state index contributed by atoms with van der Waals surface area (Å²) in [4.78, 5) is 0. The van der Waals surface area contributed by atoms with Crippen molar-refractivity contribution in [2.24, 2.45) is 0 Å². The number of aliphatic hydroxyl groups excluding tert-OH is 2. The van der Waals surface area contributed by atoms with Crippen LogP contribution >= 0.6 is 0 Å². The first-order valence-corrected chi connectivity index (χ1v) is 6.08. The fourth-order valence-corrected chi connectivity index (χ4v) is 1.03. The summed E-state index contributed by atoms with van der Waals surface area (Å²) in [6, 6.07) is 0. The predicted octanol–water partition coefficient (Wildman–Crippen LogP) is 3.62. The zero-order valence-electron chi connectivity index (χ0n) is 12.0. The van der Waals surface area contributed by atoms with Gasteiger partial charge in [-0.2, -0.15) is 0 Å². The largest absolute Gasteiger partial charge is 0.392 e. The van der Waals surface area contributed by atoms with E-state index >= 15 is 0 Å². The van der Waals surface area contributed by atoms with Gasteiger partial charge in [-0.15, -0.1) is 0 Å². The summed E-state index contributed by atoms with van der Waals surface area (Å²) in [6.45, 7) is 10.5. The van der Waals surface area contributed by atoms with Crippen molar-refractivity contribution in [3.63, 3.8) is 0 Å². The molecule has 0 unspecified atom stereocenters. The Hall–Kier alpha value is -0.860. The van der Waals surface area contributed by atoms with E-state index in [1.807, 2.05) is 19.9 Å². The Kier molecular flexibility index (Phi) is 14.4. The molecule has 0 spiro atoms. The molecule has 0 fully saturated rings. The highest BCUT2D eigenvalue weighted by Gasteiger charge is 1.86. The van der Waals surface area contributed by atoms with E-state index in [0.717, 1.165) is 18.4 Å². The smallest absolute Gasteiger partial charge is 0.0614 e. The third-order valence-electron chi connectivity index (χ3n) is 2.03. The molecular formula is C15H28O2. The van der Waals surface area contributed by atoms with Gasteiger partial charge in [0, 0.05) is 0 Å². The van der Waals surface area contributed by atoms with Gasteiger partial charge in [0.15, 0.2) is 0 Å². The van der Waals surface area contributed by atoms with Crippen molar-refractivity contribution in [3.8, 4) is 0 Å². The summed E-state index contributed by atoms with van der Waals surface area (Å²) in [5.74, 6) is 0. The molecule has 0 aromatic heterocycles. The summed E-state index contributed by atoms with van der Waals surface area (Å²) < 4.78 is 0. The highest BCUT2D eigenvalue weighted by atomic mass is 16.3. The van der Waals surface area contributed by atoms with E-state index in [9.17, 15) is 0 Å². The first kappa shape index (κ1) is 18.5. The molecule has 0 saturated carbocycles. The molecule has 0 saturated heterocycles. The van der Waals surface area contributed by atoms with Crippen LogP contribution in [0.25, 0.3) is 0 Å². The van der Waals surface area contributed by atoms with Gasteiger partial charge in [-0.1, -0.05) is 34.9 Å². The lowest BCUT2D eigenvalue weighted by molar-refractivity contribution is 0.341. The second-order valence-corrected chi connectivity index (χ2v) is 4.52. The maximum Gasteiger partial charge on any atom is 0.0614 e. The molecular weight excluding hydrogens is 212 g/mol. The highest BCUT2D eigenvalue weighted by molar-refractivity contribution is 5.01. The molecule has 0 aliphatic rings. The van der Waals surface area contributed by atoms with Gasteiger partial charge in [0.05, 0.1) is 13.2 Å². The summed E-state index contributed by atoms with van der Waals surface area (Å²) in [5, 5.41) is 16.7. The Morgan fingerprint density at radius 3 is 1.53 bits per heavy atom. The minimum Gasteiger partial charge on any atom is -0.392 e. The van der Waals surface area contributed by atoms with Crippen LogP contribution in [0.5, 0.6) is 0 Å². The van der Waals surface area contributed by atoms with Gasteiger partial charge in [0.1, 0.15) is 0 Å². The van der Waals surface area contributed by atoms with Crippen LogP contribution < -0.4 is 0 Å². The Morgan fingerprint density at radius 2 is 1.24 bits per heavy atom. The summed E-state index contributed by atoms with van der Waals surface area (Å²) in [5.41, 5.74) is 3.80. The van der Waals surface area contributed by atoms with Crippen molar-refractivity contribution in [2.75, 3.05) is 13.2 Å². The summed E-state index contributed by atoms with van der Waals surface area (Å²) in [7, 11) is 0. The van der Waals surface area contributed by atoms with Crippen LogP contribution in [0.2, 0.25) is 0 Å². The van der Waals surface area contributed by atoms with Crippen molar-refractivity contribution >= 4 is 0 Å². The lowest BCUT2D eigenvalue weighted by atomic mass is 10.1. The Morgan fingerprint density at radius 1 is 0.765 bits per heavy atom. The normalized spacial score (nSPS) is 10.2. The van der Waals surface area contributed by atoms with Crippen molar-refractivity contribution in [3.05, 3.63) is 34.9 Å². The number of allylic oxidation sites excluding steroid dienone is 4. The molecule has 0 aromatic carbocycles. The van der Waals surface area contributed by atoms with E-state index in [1.165, 1.54) is 11.1 Å². The standard InChI is InChI=1S/C10H18O.C5H10O/c1-9(2)5-4-6-10(3)7-8-11;1-5(2)3-4-6/h5,7,11H,4,6,8H2,1-3H3;3,6H,4H2,1-2H3/b10-7+;. The molecule has 0 aliphatic carbocycles. The summed E-state index contributed by atoms with van der Waals surface area (Å²) >= 11 is 0. The van der Waals surface area contributed by atoms with Gasteiger partial charge >= 0.3 is 0 Å². The Bertz CT molecular complexity index is 252. The minimum atomic E-state index is 0.167. The molecule has 0 radical (unpaired) electrons. The Labute approximate surface area is 106 Å². The lowest BCUT2D eigenvalue weighted by Gasteiger charge is -1.96. The van der Waals surface area contributed by atoms with Gasteiger partial charge in [-0.05, 0) is 47.5 Å². The predicted molar refractivity (Wildman–Crippen MR) is 76.0 cm³/mol. The maximum absolute atomic E-state index is 8.55. The molecule has 0 atom stereocenters. The SMILES string of the molecule is CC(C)=CCC/C(C)=C/CO.CC(C)=CCO. The average Bonchev–Trinajstić information content (AvgIpc) is 2.18. The van der Waals surface area contributed by atoms with Crippen LogP contribution in [-0.2, 0) is 0 Å². The van der Waals surface area contributed by atoms with E-state index in [1.54, 1.807) is 6.08 Å². The number of aliphatic hydroxyl groups is 2. The van der Waals surface area contributed by atoms with Crippen molar-refractivity contribution < 1.29 is 10.2 Å². The van der Waals surface area contributed by atoms with E-state index in [0.29, 0.717) is 0 Å². The minimum absolute atomic E-state index is 0.167. The van der Waals surface area contributed by atoms with Crippen LogP contribution in [0.15, 0.2) is 34.9 Å². The number of rotatable bonds is 5. The average molecular weight is 240 g/mol. The summed E-state index contributed by atoms with van der Waals surface area (Å²) in [6.07, 6.45) is 7.99. The molecule has 2 heteroatoms. The molecule has 0 amide bonds. The van der Waals surface area contributed by atoms with Crippen molar-refractivity contribution in [1.29, 1.82) is 0 Å².